The van der Waals surface area contributed by atoms with Crippen LogP contribution in [0.5, 0.6) is 0 Å². The van der Waals surface area contributed by atoms with E-state index in [0.717, 1.165) is 5.57 Å². The van der Waals surface area contributed by atoms with Crippen LogP contribution in [-0.2, 0) is 23.7 Å². The predicted octanol–water partition coefficient (Wildman–Crippen LogP) is 0.841. The Morgan fingerprint density at radius 2 is 1.88 bits per heavy atom. The summed E-state index contributed by atoms with van der Waals surface area (Å²) in [5.41, 5.74) is 0.729. The van der Waals surface area contributed by atoms with E-state index in [2.05, 4.69) is 0 Å². The summed E-state index contributed by atoms with van der Waals surface area (Å²) in [5, 5.41) is 0. The van der Waals surface area contributed by atoms with Gasteiger partial charge in [0.05, 0.1) is 0 Å². The van der Waals surface area contributed by atoms with Gasteiger partial charge in [0, 0.05) is 38.6 Å². The third-order valence-corrected chi connectivity index (χ3v) is 2.98. The van der Waals surface area contributed by atoms with Gasteiger partial charge in [0.25, 0.3) is 0 Å². The van der Waals surface area contributed by atoms with Gasteiger partial charge in [0.15, 0.2) is 12.6 Å². The highest BCUT2D eigenvalue weighted by Gasteiger charge is 2.35. The van der Waals surface area contributed by atoms with Gasteiger partial charge in [-0.05, 0) is 6.08 Å². The molecule has 1 fully saturated rings. The molecule has 5 nitrogen and oxygen atoms in total. The van der Waals surface area contributed by atoms with Crippen LogP contribution in [0.2, 0.25) is 0 Å². The number of hydrogen-bond donors (Lipinski definition) is 0. The topological polar surface area (TPSA) is 54.0 Å². The second kappa shape index (κ2) is 4.95. The number of carbonyl (C=O) groups is 1. The maximum atomic E-state index is 11.5. The van der Waals surface area contributed by atoms with Crippen molar-refractivity contribution in [2.24, 2.45) is 5.92 Å². The van der Waals surface area contributed by atoms with Crippen molar-refractivity contribution in [1.82, 2.24) is 0 Å². The fourth-order valence-corrected chi connectivity index (χ4v) is 2.11. The zero-order chi connectivity index (χ0) is 11.5. The van der Waals surface area contributed by atoms with Gasteiger partial charge < -0.3 is 18.9 Å². The zero-order valence-electron chi connectivity index (χ0n) is 9.47. The third-order valence-electron chi connectivity index (χ3n) is 2.98. The molecule has 0 aromatic rings. The molecule has 0 radical (unpaired) electrons. The SMILES string of the molecule is CO[C@H]1CC(C2=CCOC2=O)C[C@@H](OC)O1. The number of methoxy groups -OCH3 is 2. The molecule has 1 unspecified atom stereocenters. The number of carbonyl (C=O) groups excluding carboxylic acids is 1. The van der Waals surface area contributed by atoms with Gasteiger partial charge in [-0.3, -0.25) is 0 Å². The van der Waals surface area contributed by atoms with Crippen LogP contribution in [0, 0.1) is 5.92 Å². The van der Waals surface area contributed by atoms with E-state index in [1.165, 1.54) is 0 Å². The van der Waals surface area contributed by atoms with Crippen molar-refractivity contribution < 1.29 is 23.7 Å². The van der Waals surface area contributed by atoms with E-state index in [-0.39, 0.29) is 24.5 Å². The van der Waals surface area contributed by atoms with Gasteiger partial charge in [-0.1, -0.05) is 0 Å². The number of hydrogen-bond acceptors (Lipinski definition) is 5. The summed E-state index contributed by atoms with van der Waals surface area (Å²) in [6.07, 6.45) is 2.52. The predicted molar refractivity (Wildman–Crippen MR) is 54.4 cm³/mol. The normalized spacial score (nSPS) is 34.8. The summed E-state index contributed by atoms with van der Waals surface area (Å²) in [7, 11) is 3.17. The average molecular weight is 228 g/mol. The Labute approximate surface area is 94.3 Å². The van der Waals surface area contributed by atoms with E-state index in [1.54, 1.807) is 14.2 Å². The molecular weight excluding hydrogens is 212 g/mol. The van der Waals surface area contributed by atoms with Crippen molar-refractivity contribution in [3.63, 3.8) is 0 Å². The molecule has 0 aromatic carbocycles. The Bertz CT molecular complexity index is 287. The molecule has 0 spiro atoms. The minimum Gasteiger partial charge on any atom is -0.458 e. The minimum atomic E-state index is -0.321. The van der Waals surface area contributed by atoms with Crippen molar-refractivity contribution in [1.29, 1.82) is 0 Å². The summed E-state index contributed by atoms with van der Waals surface area (Å²) < 4.78 is 20.7. The first-order valence-electron chi connectivity index (χ1n) is 5.32. The molecule has 90 valence electrons. The Balaban J connectivity index is 2.06. The highest BCUT2D eigenvalue weighted by atomic mass is 16.8. The summed E-state index contributed by atoms with van der Waals surface area (Å²) in [4.78, 5) is 11.5. The van der Waals surface area contributed by atoms with Crippen LogP contribution in [0.4, 0.5) is 0 Å². The highest BCUT2D eigenvalue weighted by Crippen LogP contribution is 2.33. The fourth-order valence-electron chi connectivity index (χ4n) is 2.11. The standard InChI is InChI=1S/C11H16O5/c1-13-9-5-7(6-10(14-2)16-9)8-3-4-15-11(8)12/h3,7,9-10H,4-6H2,1-2H3/t7?,9-,10+. The molecule has 1 saturated heterocycles. The van der Waals surface area contributed by atoms with E-state index in [0.29, 0.717) is 19.4 Å². The number of rotatable bonds is 3. The van der Waals surface area contributed by atoms with E-state index >= 15 is 0 Å². The van der Waals surface area contributed by atoms with Gasteiger partial charge in [-0.25, -0.2) is 4.79 Å². The first-order valence-corrected chi connectivity index (χ1v) is 5.32. The Morgan fingerprint density at radius 1 is 1.25 bits per heavy atom. The van der Waals surface area contributed by atoms with Crippen LogP contribution in [0.3, 0.4) is 0 Å². The maximum absolute atomic E-state index is 11.5. The minimum absolute atomic E-state index is 0.0960. The first kappa shape index (κ1) is 11.6. The zero-order valence-corrected chi connectivity index (χ0v) is 9.47. The largest absolute Gasteiger partial charge is 0.458 e. The molecule has 2 aliphatic heterocycles. The van der Waals surface area contributed by atoms with Crippen molar-refractivity contribution in [2.45, 2.75) is 25.4 Å². The molecule has 2 aliphatic rings. The number of esters is 1. The van der Waals surface area contributed by atoms with Crippen molar-refractivity contribution >= 4 is 5.97 Å². The summed E-state index contributed by atoms with van der Waals surface area (Å²) in [5.74, 6) is -0.129. The summed E-state index contributed by atoms with van der Waals surface area (Å²) in [6, 6.07) is 0. The van der Waals surface area contributed by atoms with E-state index in [9.17, 15) is 4.79 Å². The molecule has 16 heavy (non-hydrogen) atoms. The average Bonchev–Trinajstić information content (AvgIpc) is 2.74. The monoisotopic (exact) mass is 228 g/mol. The first-order chi connectivity index (χ1) is 7.74. The van der Waals surface area contributed by atoms with Crippen LogP contribution in [-0.4, -0.2) is 39.4 Å². The molecule has 0 amide bonds. The molecule has 3 atom stereocenters. The molecule has 2 heterocycles. The van der Waals surface area contributed by atoms with Gasteiger partial charge in [-0.15, -0.1) is 0 Å². The van der Waals surface area contributed by atoms with Crippen molar-refractivity contribution in [2.75, 3.05) is 20.8 Å². The third kappa shape index (κ3) is 2.26. The Morgan fingerprint density at radius 3 is 2.31 bits per heavy atom. The smallest absolute Gasteiger partial charge is 0.334 e. The van der Waals surface area contributed by atoms with Gasteiger partial charge in [-0.2, -0.15) is 0 Å². The lowest BCUT2D eigenvalue weighted by molar-refractivity contribution is -0.259. The van der Waals surface area contributed by atoms with Crippen LogP contribution >= 0.6 is 0 Å². The number of ether oxygens (including phenoxy) is 4. The van der Waals surface area contributed by atoms with E-state index in [1.807, 2.05) is 6.08 Å². The van der Waals surface area contributed by atoms with Gasteiger partial charge in [0.2, 0.25) is 0 Å². The Hall–Kier alpha value is -0.910. The summed E-state index contributed by atoms with van der Waals surface area (Å²) in [6.45, 7) is 0.376. The molecule has 0 aromatic heterocycles. The van der Waals surface area contributed by atoms with Crippen LogP contribution in [0.1, 0.15) is 12.8 Å². The van der Waals surface area contributed by atoms with Gasteiger partial charge in [0.1, 0.15) is 6.61 Å². The van der Waals surface area contributed by atoms with Crippen LogP contribution < -0.4 is 0 Å². The lowest BCUT2D eigenvalue weighted by atomic mass is 9.90. The van der Waals surface area contributed by atoms with Gasteiger partial charge >= 0.3 is 5.97 Å². The van der Waals surface area contributed by atoms with Crippen LogP contribution in [0.25, 0.3) is 0 Å². The molecule has 5 heteroatoms. The molecule has 0 bridgehead atoms. The summed E-state index contributed by atoms with van der Waals surface area (Å²) >= 11 is 0. The van der Waals surface area contributed by atoms with Crippen molar-refractivity contribution in [3.8, 4) is 0 Å². The maximum Gasteiger partial charge on any atom is 0.334 e. The lowest BCUT2D eigenvalue weighted by Gasteiger charge is -2.33. The molecule has 2 rings (SSSR count). The molecule has 0 N–H and O–H groups in total. The fraction of sp³-hybridized carbons (Fsp3) is 0.727. The Kier molecular flexibility index (Phi) is 3.58. The lowest BCUT2D eigenvalue weighted by Crippen LogP contribution is -2.36. The molecule has 0 saturated carbocycles. The quantitative estimate of drug-likeness (QED) is 0.670. The number of cyclic esters (lactones) is 1. The van der Waals surface area contributed by atoms with E-state index in [4.69, 9.17) is 18.9 Å². The van der Waals surface area contributed by atoms with Crippen LogP contribution in [0.15, 0.2) is 11.6 Å². The molecule has 0 aliphatic carbocycles. The van der Waals surface area contributed by atoms with Crippen molar-refractivity contribution in [3.05, 3.63) is 11.6 Å². The highest BCUT2D eigenvalue weighted by molar-refractivity contribution is 5.91. The molecular formula is C11H16O5. The van der Waals surface area contributed by atoms with E-state index < -0.39 is 0 Å². The second-order valence-electron chi connectivity index (χ2n) is 3.89. The second-order valence-corrected chi connectivity index (χ2v) is 3.89.